The lowest BCUT2D eigenvalue weighted by Crippen LogP contribution is -2.68. The maximum Gasteiger partial charge on any atom is 0.0309 e. The highest BCUT2D eigenvalue weighted by molar-refractivity contribution is 5.07. The summed E-state index contributed by atoms with van der Waals surface area (Å²) in [4.78, 5) is 2.94. The summed E-state index contributed by atoms with van der Waals surface area (Å²) in [6, 6.07) is 1.55. The third kappa shape index (κ3) is 3.47. The maximum absolute atomic E-state index is 3.96. The van der Waals surface area contributed by atoms with E-state index < -0.39 is 0 Å². The van der Waals surface area contributed by atoms with Gasteiger partial charge in [-0.25, -0.2) is 0 Å². The van der Waals surface area contributed by atoms with Crippen LogP contribution in [-0.4, -0.2) is 35.6 Å². The summed E-state index contributed by atoms with van der Waals surface area (Å²) in [5.74, 6) is 0.937. The number of rotatable bonds is 2. The monoisotopic (exact) mass is 292 g/mol. The Bertz CT molecular complexity index is 347. The number of nitrogens with zero attached hydrogens (tertiary/aromatic N) is 1. The highest BCUT2D eigenvalue weighted by Gasteiger charge is 2.49. The van der Waals surface area contributed by atoms with E-state index in [4.69, 9.17) is 0 Å². The number of piperazine rings is 1. The quantitative estimate of drug-likeness (QED) is 0.767. The lowest BCUT2D eigenvalue weighted by Gasteiger charge is -2.53. The van der Waals surface area contributed by atoms with Gasteiger partial charge in [-0.15, -0.1) is 0 Å². The van der Waals surface area contributed by atoms with Gasteiger partial charge in [0.2, 0.25) is 0 Å². The molecule has 0 bridgehead atoms. The number of nitrogens with one attached hydrogen (secondary N) is 1. The van der Waals surface area contributed by atoms with Gasteiger partial charge in [0, 0.05) is 30.7 Å². The molecule has 0 aromatic heterocycles. The van der Waals surface area contributed by atoms with Gasteiger partial charge in [-0.3, -0.25) is 4.90 Å². The summed E-state index contributed by atoms with van der Waals surface area (Å²) in [6.07, 6.45) is 11.6. The third-order valence-electron chi connectivity index (χ3n) is 6.38. The largest absolute Gasteiger partial charge is 0.308 e. The van der Waals surface area contributed by atoms with Gasteiger partial charge in [0.1, 0.15) is 0 Å². The van der Waals surface area contributed by atoms with Crippen LogP contribution in [0.3, 0.4) is 0 Å². The molecule has 21 heavy (non-hydrogen) atoms. The van der Waals surface area contributed by atoms with Crippen LogP contribution < -0.4 is 5.32 Å². The molecule has 1 saturated heterocycles. The molecule has 3 rings (SSSR count). The van der Waals surface area contributed by atoms with Crippen molar-refractivity contribution in [3.8, 4) is 0 Å². The van der Waals surface area contributed by atoms with Gasteiger partial charge in [0.05, 0.1) is 0 Å². The third-order valence-corrected chi connectivity index (χ3v) is 6.38. The highest BCUT2D eigenvalue weighted by atomic mass is 15.3. The molecule has 0 spiro atoms. The fourth-order valence-corrected chi connectivity index (χ4v) is 4.76. The Labute approximate surface area is 132 Å². The Morgan fingerprint density at radius 1 is 0.952 bits per heavy atom. The van der Waals surface area contributed by atoms with Gasteiger partial charge < -0.3 is 5.32 Å². The molecule has 0 aromatic carbocycles. The molecule has 1 aliphatic heterocycles. The number of hydrogen-bond donors (Lipinski definition) is 1. The van der Waals surface area contributed by atoms with Gasteiger partial charge in [-0.1, -0.05) is 46.5 Å². The predicted molar refractivity (Wildman–Crippen MR) is 90.6 cm³/mol. The molecular formula is C19H36N2. The molecule has 2 unspecified atom stereocenters. The molecule has 2 aliphatic carbocycles. The smallest absolute Gasteiger partial charge is 0.0309 e. The molecule has 1 heterocycles. The van der Waals surface area contributed by atoms with Crippen molar-refractivity contribution in [1.29, 1.82) is 0 Å². The number of hydrogen-bond acceptors (Lipinski definition) is 2. The van der Waals surface area contributed by atoms with Gasteiger partial charge in [0.25, 0.3) is 0 Å². The van der Waals surface area contributed by atoms with Crippen LogP contribution in [0.1, 0.15) is 79.1 Å². The SMILES string of the molecule is CC(C)(C)C1CNC(C)(C2CC2)CN1C1CCCCCC1. The molecule has 0 aromatic rings. The van der Waals surface area contributed by atoms with Crippen LogP contribution in [0.25, 0.3) is 0 Å². The Balaban J connectivity index is 1.78. The first-order valence-corrected chi connectivity index (χ1v) is 9.41. The molecule has 2 nitrogen and oxygen atoms in total. The second-order valence-electron chi connectivity index (χ2n) is 9.27. The fraction of sp³-hybridized carbons (Fsp3) is 1.00. The van der Waals surface area contributed by atoms with Crippen molar-refractivity contribution < 1.29 is 0 Å². The van der Waals surface area contributed by atoms with Crippen LogP contribution in [0.4, 0.5) is 0 Å². The van der Waals surface area contributed by atoms with Crippen LogP contribution in [0.2, 0.25) is 0 Å². The van der Waals surface area contributed by atoms with Crippen LogP contribution in [0, 0.1) is 11.3 Å². The molecule has 3 aliphatic rings. The van der Waals surface area contributed by atoms with Gasteiger partial charge in [-0.05, 0) is 43.9 Å². The second kappa shape index (κ2) is 5.85. The molecular weight excluding hydrogens is 256 g/mol. The molecule has 2 heteroatoms. The van der Waals surface area contributed by atoms with E-state index in [9.17, 15) is 0 Å². The van der Waals surface area contributed by atoms with E-state index in [0.717, 1.165) is 12.0 Å². The lowest BCUT2D eigenvalue weighted by atomic mass is 9.79. The van der Waals surface area contributed by atoms with Gasteiger partial charge in [-0.2, -0.15) is 0 Å². The minimum atomic E-state index is 0.379. The summed E-state index contributed by atoms with van der Waals surface area (Å²) in [5, 5.41) is 3.96. The first-order chi connectivity index (χ1) is 9.90. The van der Waals surface area contributed by atoms with E-state index in [1.807, 2.05) is 0 Å². The molecule has 122 valence electrons. The predicted octanol–water partition coefficient (Wildman–Crippen LogP) is 4.20. The normalized spacial score (nSPS) is 37.4. The standard InChI is InChI=1S/C19H36N2/c1-18(2,3)17-13-20-19(4,15-11-12-15)14-21(17)16-9-7-5-6-8-10-16/h15-17,20H,5-14H2,1-4H3. The molecule has 1 N–H and O–H groups in total. The fourth-order valence-electron chi connectivity index (χ4n) is 4.76. The van der Waals surface area contributed by atoms with E-state index in [2.05, 4.69) is 37.9 Å². The van der Waals surface area contributed by atoms with Gasteiger partial charge >= 0.3 is 0 Å². The summed E-state index contributed by atoms with van der Waals surface area (Å²) >= 11 is 0. The molecule has 3 fully saturated rings. The van der Waals surface area contributed by atoms with E-state index in [1.54, 1.807) is 0 Å². The Morgan fingerprint density at radius 3 is 2.10 bits per heavy atom. The van der Waals surface area contributed by atoms with Gasteiger partial charge in [0.15, 0.2) is 0 Å². The zero-order chi connectivity index (χ0) is 15.1. The Hall–Kier alpha value is -0.0800. The van der Waals surface area contributed by atoms with Crippen molar-refractivity contribution >= 4 is 0 Å². The second-order valence-corrected chi connectivity index (χ2v) is 9.27. The average molecular weight is 293 g/mol. The molecule has 0 amide bonds. The summed E-state index contributed by atoms with van der Waals surface area (Å²) in [6.45, 7) is 12.3. The zero-order valence-corrected chi connectivity index (χ0v) is 14.8. The van der Waals surface area contributed by atoms with Crippen molar-refractivity contribution in [3.63, 3.8) is 0 Å². The average Bonchev–Trinajstić information content (AvgIpc) is 3.24. The Kier molecular flexibility index (Phi) is 4.40. The minimum Gasteiger partial charge on any atom is -0.308 e. The van der Waals surface area contributed by atoms with E-state index >= 15 is 0 Å². The van der Waals surface area contributed by atoms with Crippen molar-refractivity contribution in [2.45, 2.75) is 96.7 Å². The van der Waals surface area contributed by atoms with Crippen LogP contribution in [0.5, 0.6) is 0 Å². The van der Waals surface area contributed by atoms with E-state index in [1.165, 1.54) is 64.5 Å². The van der Waals surface area contributed by atoms with Crippen LogP contribution in [-0.2, 0) is 0 Å². The van der Waals surface area contributed by atoms with Crippen molar-refractivity contribution in [1.82, 2.24) is 10.2 Å². The summed E-state index contributed by atoms with van der Waals surface area (Å²) in [7, 11) is 0. The highest BCUT2D eigenvalue weighted by Crippen LogP contribution is 2.44. The Morgan fingerprint density at radius 2 is 1.57 bits per heavy atom. The van der Waals surface area contributed by atoms with E-state index in [-0.39, 0.29) is 0 Å². The van der Waals surface area contributed by atoms with Crippen molar-refractivity contribution in [3.05, 3.63) is 0 Å². The first kappa shape index (κ1) is 15.8. The lowest BCUT2D eigenvalue weighted by molar-refractivity contribution is -0.0141. The summed E-state index contributed by atoms with van der Waals surface area (Å²) in [5.41, 5.74) is 0.762. The topological polar surface area (TPSA) is 15.3 Å². The van der Waals surface area contributed by atoms with Crippen LogP contribution in [0.15, 0.2) is 0 Å². The minimum absolute atomic E-state index is 0.379. The molecule has 0 radical (unpaired) electrons. The van der Waals surface area contributed by atoms with E-state index in [0.29, 0.717) is 17.0 Å². The zero-order valence-electron chi connectivity index (χ0n) is 14.8. The molecule has 2 saturated carbocycles. The molecule has 2 atom stereocenters. The first-order valence-electron chi connectivity index (χ1n) is 9.41. The van der Waals surface area contributed by atoms with Crippen molar-refractivity contribution in [2.75, 3.05) is 13.1 Å². The van der Waals surface area contributed by atoms with Crippen molar-refractivity contribution in [2.24, 2.45) is 11.3 Å². The summed E-state index contributed by atoms with van der Waals surface area (Å²) < 4.78 is 0. The maximum atomic E-state index is 3.96. The van der Waals surface area contributed by atoms with Crippen LogP contribution >= 0.6 is 0 Å².